The summed E-state index contributed by atoms with van der Waals surface area (Å²) in [6, 6.07) is 38.5. The van der Waals surface area contributed by atoms with Crippen LogP contribution in [-0.2, 0) is 0 Å². The fourth-order valence-electron chi connectivity index (χ4n) is 5.71. The normalized spacial score (nSPS) is 11.1. The van der Waals surface area contributed by atoms with Crippen LogP contribution >= 0.6 is 0 Å². The molecule has 0 amide bonds. The molecule has 0 spiro atoms. The van der Waals surface area contributed by atoms with Gasteiger partial charge in [-0.15, -0.1) is 0 Å². The van der Waals surface area contributed by atoms with Gasteiger partial charge in [0.2, 0.25) is 0 Å². The van der Waals surface area contributed by atoms with E-state index in [-0.39, 0.29) is 10.6 Å². The maximum atomic E-state index is 11.4. The molecule has 0 aliphatic carbocycles. The van der Waals surface area contributed by atoms with E-state index in [1.54, 1.807) is 25.3 Å². The SMILES string of the molecule is COc1ccc2c3ccccc3n(-c3cc(C)c(-c4ccc(Oc5ccc(-c6ccccc6[N+](=O)[O-])cc5)cc4)cn3)c2c1. The molecule has 0 N–H and O–H groups in total. The van der Waals surface area contributed by atoms with Crippen molar-refractivity contribution in [1.82, 2.24) is 9.55 Å². The summed E-state index contributed by atoms with van der Waals surface area (Å²) in [5.74, 6) is 2.97. The number of benzene rings is 5. The summed E-state index contributed by atoms with van der Waals surface area (Å²) in [6.45, 7) is 2.10. The first-order valence-electron chi connectivity index (χ1n) is 14.2. The Bertz CT molecular complexity index is 2170. The first kappa shape index (κ1) is 26.9. The highest BCUT2D eigenvalue weighted by atomic mass is 16.6. The van der Waals surface area contributed by atoms with Crippen LogP contribution in [0.3, 0.4) is 0 Å². The van der Waals surface area contributed by atoms with Crippen molar-refractivity contribution in [3.05, 3.63) is 143 Å². The number of hydrogen-bond donors (Lipinski definition) is 0. The summed E-state index contributed by atoms with van der Waals surface area (Å²) in [5, 5.41) is 13.7. The maximum Gasteiger partial charge on any atom is 0.277 e. The second-order valence-electron chi connectivity index (χ2n) is 10.5. The zero-order valence-electron chi connectivity index (χ0n) is 24.1. The molecule has 214 valence electrons. The molecular weight excluding hydrogens is 550 g/mol. The Kier molecular flexibility index (Phi) is 6.75. The lowest BCUT2D eigenvalue weighted by Crippen LogP contribution is -1.99. The van der Waals surface area contributed by atoms with Crippen LogP contribution in [0.5, 0.6) is 17.2 Å². The molecule has 0 atom stereocenters. The van der Waals surface area contributed by atoms with E-state index in [9.17, 15) is 10.1 Å². The monoisotopic (exact) mass is 577 g/mol. The van der Waals surface area contributed by atoms with E-state index in [4.69, 9.17) is 14.5 Å². The van der Waals surface area contributed by atoms with Crippen LogP contribution in [0.1, 0.15) is 5.56 Å². The van der Waals surface area contributed by atoms with Crippen LogP contribution in [0.25, 0.3) is 49.9 Å². The number of aromatic nitrogens is 2. The minimum absolute atomic E-state index is 0.0739. The molecule has 2 heterocycles. The number of methoxy groups -OCH3 is 1. The molecule has 7 aromatic rings. The highest BCUT2D eigenvalue weighted by molar-refractivity contribution is 6.09. The number of pyridine rings is 1. The highest BCUT2D eigenvalue weighted by Crippen LogP contribution is 2.36. The molecule has 5 aromatic carbocycles. The van der Waals surface area contributed by atoms with Crippen molar-refractivity contribution in [2.45, 2.75) is 6.92 Å². The van der Waals surface area contributed by atoms with Crippen molar-refractivity contribution >= 4 is 27.5 Å². The van der Waals surface area contributed by atoms with Crippen LogP contribution in [0, 0.1) is 17.0 Å². The van der Waals surface area contributed by atoms with Crippen molar-refractivity contribution in [3.63, 3.8) is 0 Å². The zero-order valence-corrected chi connectivity index (χ0v) is 24.1. The number of aryl methyl sites for hydroxylation is 1. The molecule has 7 rings (SSSR count). The summed E-state index contributed by atoms with van der Waals surface area (Å²) >= 11 is 0. The summed E-state index contributed by atoms with van der Waals surface area (Å²) in [4.78, 5) is 15.9. The van der Waals surface area contributed by atoms with Gasteiger partial charge >= 0.3 is 0 Å². The summed E-state index contributed by atoms with van der Waals surface area (Å²) in [6.07, 6.45) is 1.92. The van der Waals surface area contributed by atoms with Crippen LogP contribution in [0.4, 0.5) is 5.69 Å². The quantitative estimate of drug-likeness (QED) is 0.139. The Morgan fingerprint density at radius 3 is 1.98 bits per heavy atom. The van der Waals surface area contributed by atoms with E-state index < -0.39 is 0 Å². The Morgan fingerprint density at radius 2 is 1.30 bits per heavy atom. The molecule has 0 aliphatic rings. The van der Waals surface area contributed by atoms with Crippen molar-refractivity contribution in [3.8, 4) is 45.3 Å². The fourth-order valence-corrected chi connectivity index (χ4v) is 5.71. The lowest BCUT2D eigenvalue weighted by molar-refractivity contribution is -0.384. The summed E-state index contributed by atoms with van der Waals surface area (Å²) < 4.78 is 13.8. The molecule has 0 saturated heterocycles. The Labute approximate surface area is 253 Å². The number of nitro groups is 1. The average Bonchev–Trinajstić information content (AvgIpc) is 3.39. The number of nitro benzene ring substituents is 1. The third-order valence-electron chi connectivity index (χ3n) is 7.87. The first-order chi connectivity index (χ1) is 21.5. The second-order valence-corrected chi connectivity index (χ2v) is 10.5. The Hall–Kier alpha value is -5.95. The van der Waals surface area contributed by atoms with Crippen molar-refractivity contribution in [2.24, 2.45) is 0 Å². The number of hydrogen-bond acceptors (Lipinski definition) is 5. The smallest absolute Gasteiger partial charge is 0.277 e. The Morgan fingerprint density at radius 1 is 0.682 bits per heavy atom. The molecule has 0 unspecified atom stereocenters. The van der Waals surface area contributed by atoms with E-state index in [0.29, 0.717) is 17.1 Å². The molecule has 7 heteroatoms. The van der Waals surface area contributed by atoms with Gasteiger partial charge in [-0.1, -0.05) is 54.6 Å². The van der Waals surface area contributed by atoms with Gasteiger partial charge in [0.1, 0.15) is 23.1 Å². The molecule has 0 fully saturated rings. The lowest BCUT2D eigenvalue weighted by atomic mass is 10.0. The van der Waals surface area contributed by atoms with Gasteiger partial charge in [0, 0.05) is 34.7 Å². The third kappa shape index (κ3) is 4.80. The van der Waals surface area contributed by atoms with Crippen LogP contribution in [-0.4, -0.2) is 21.6 Å². The van der Waals surface area contributed by atoms with Gasteiger partial charge in [-0.05, 0) is 78.2 Å². The molecule has 7 nitrogen and oxygen atoms in total. The minimum Gasteiger partial charge on any atom is -0.497 e. The van der Waals surface area contributed by atoms with Gasteiger partial charge in [0.25, 0.3) is 5.69 Å². The predicted octanol–water partition coefficient (Wildman–Crippen LogP) is 9.53. The summed E-state index contributed by atoms with van der Waals surface area (Å²) in [7, 11) is 1.68. The molecule has 0 bridgehead atoms. The van der Waals surface area contributed by atoms with Crippen molar-refractivity contribution < 1.29 is 14.4 Å². The van der Waals surface area contributed by atoms with Gasteiger partial charge in [-0.25, -0.2) is 4.98 Å². The predicted molar refractivity (Wildman–Crippen MR) is 174 cm³/mol. The van der Waals surface area contributed by atoms with E-state index in [0.717, 1.165) is 50.2 Å². The van der Waals surface area contributed by atoms with Gasteiger partial charge in [0.15, 0.2) is 0 Å². The molecule has 0 aliphatic heterocycles. The van der Waals surface area contributed by atoms with Gasteiger partial charge in [-0.2, -0.15) is 0 Å². The van der Waals surface area contributed by atoms with E-state index in [1.165, 1.54) is 11.5 Å². The number of rotatable bonds is 7. The van der Waals surface area contributed by atoms with E-state index in [2.05, 4.69) is 47.9 Å². The Balaban J connectivity index is 1.14. The minimum atomic E-state index is -0.367. The average molecular weight is 578 g/mol. The molecule has 0 radical (unpaired) electrons. The molecular formula is C37H27N3O4. The van der Waals surface area contributed by atoms with Gasteiger partial charge < -0.3 is 9.47 Å². The fraction of sp³-hybridized carbons (Fsp3) is 0.0541. The van der Waals surface area contributed by atoms with Crippen molar-refractivity contribution in [1.29, 1.82) is 0 Å². The number of nitrogens with zero attached hydrogens (tertiary/aromatic N) is 3. The van der Waals surface area contributed by atoms with E-state index >= 15 is 0 Å². The molecule has 0 saturated carbocycles. The first-order valence-corrected chi connectivity index (χ1v) is 14.2. The summed E-state index contributed by atoms with van der Waals surface area (Å²) in [5.41, 5.74) is 6.70. The van der Waals surface area contributed by atoms with Crippen molar-refractivity contribution in [2.75, 3.05) is 7.11 Å². The van der Waals surface area contributed by atoms with Gasteiger partial charge in [-0.3, -0.25) is 14.7 Å². The molecule has 2 aromatic heterocycles. The zero-order chi connectivity index (χ0) is 30.2. The number of para-hydroxylation sites is 2. The largest absolute Gasteiger partial charge is 0.497 e. The maximum absolute atomic E-state index is 11.4. The number of fused-ring (bicyclic) bond motifs is 3. The standard InChI is InChI=1S/C37H27N3O4/c1-24-21-37(39-34-9-5-4-8-31(34)32-20-19-29(43-2)22-36(32)39)38-23-33(24)26-13-17-28(18-14-26)44-27-15-11-25(12-16-27)30-7-3-6-10-35(30)40(41)42/h3-23H,1-2H3. The van der Waals surface area contributed by atoms with Crippen LogP contribution in [0.2, 0.25) is 0 Å². The second kappa shape index (κ2) is 11.0. The molecule has 44 heavy (non-hydrogen) atoms. The topological polar surface area (TPSA) is 79.4 Å². The third-order valence-corrected chi connectivity index (χ3v) is 7.87. The lowest BCUT2D eigenvalue weighted by Gasteiger charge is -2.12. The van der Waals surface area contributed by atoms with E-state index in [1.807, 2.05) is 66.9 Å². The number of ether oxygens (including phenoxy) is 2. The van der Waals surface area contributed by atoms with Gasteiger partial charge in [0.05, 0.1) is 28.6 Å². The van der Waals surface area contributed by atoms with Crippen LogP contribution < -0.4 is 9.47 Å². The van der Waals surface area contributed by atoms with Crippen LogP contribution in [0.15, 0.2) is 128 Å². The highest BCUT2D eigenvalue weighted by Gasteiger charge is 2.16.